The van der Waals surface area contributed by atoms with Gasteiger partial charge in [0.15, 0.2) is 0 Å². The van der Waals surface area contributed by atoms with Crippen LogP contribution < -0.4 is 10.1 Å². The van der Waals surface area contributed by atoms with Crippen molar-refractivity contribution in [3.8, 4) is 5.75 Å². The molecule has 0 aliphatic rings. The van der Waals surface area contributed by atoms with Gasteiger partial charge in [-0.15, -0.1) is 0 Å². The Bertz CT molecular complexity index is 656. The highest BCUT2D eigenvalue weighted by atomic mass is 79.9. The molecule has 0 heterocycles. The number of benzene rings is 2. The molecule has 2 aromatic carbocycles. The second-order valence-corrected chi connectivity index (χ2v) is 5.88. The fourth-order valence-corrected chi connectivity index (χ4v) is 2.53. The van der Waals surface area contributed by atoms with Gasteiger partial charge in [-0.1, -0.05) is 12.1 Å². The lowest BCUT2D eigenvalue weighted by molar-refractivity contribution is 0.102. The summed E-state index contributed by atoms with van der Waals surface area (Å²) in [5, 5.41) is 2.89. The van der Waals surface area contributed by atoms with Crippen molar-refractivity contribution in [2.75, 3.05) is 12.4 Å². The van der Waals surface area contributed by atoms with Gasteiger partial charge in [-0.05, 0) is 68.6 Å². The first-order valence-corrected chi connectivity index (χ1v) is 7.51. The Morgan fingerprint density at radius 3 is 2.65 bits per heavy atom. The number of ether oxygens (including phenoxy) is 1. The number of aryl methyl sites for hydroxylation is 1. The van der Waals surface area contributed by atoms with E-state index in [4.69, 9.17) is 4.74 Å². The lowest BCUT2D eigenvalue weighted by Crippen LogP contribution is -2.13. The van der Waals surface area contributed by atoms with Crippen molar-refractivity contribution in [1.82, 2.24) is 0 Å². The van der Waals surface area contributed by atoms with Crippen LogP contribution in [0.1, 0.15) is 15.9 Å². The average molecular weight is 399 g/mol. The van der Waals surface area contributed by atoms with Crippen molar-refractivity contribution >= 4 is 43.5 Å². The van der Waals surface area contributed by atoms with E-state index in [1.54, 1.807) is 25.3 Å². The Morgan fingerprint density at radius 1 is 1.20 bits per heavy atom. The molecule has 1 N–H and O–H groups in total. The fraction of sp³-hybridized carbons (Fsp3) is 0.133. The first-order chi connectivity index (χ1) is 9.52. The predicted octanol–water partition coefficient (Wildman–Crippen LogP) is 4.78. The molecular formula is C15H13Br2NO2. The van der Waals surface area contributed by atoms with Crippen molar-refractivity contribution in [3.05, 3.63) is 56.5 Å². The van der Waals surface area contributed by atoms with Gasteiger partial charge in [-0.2, -0.15) is 0 Å². The molecule has 3 nitrogen and oxygen atoms in total. The molecule has 0 atom stereocenters. The zero-order chi connectivity index (χ0) is 14.7. The molecule has 0 saturated heterocycles. The maximum Gasteiger partial charge on any atom is 0.256 e. The summed E-state index contributed by atoms with van der Waals surface area (Å²) < 4.78 is 6.75. The largest absolute Gasteiger partial charge is 0.497 e. The maximum absolute atomic E-state index is 12.3. The predicted molar refractivity (Wildman–Crippen MR) is 87.5 cm³/mol. The zero-order valence-corrected chi connectivity index (χ0v) is 14.2. The number of methoxy groups -OCH3 is 1. The molecule has 0 aliphatic heterocycles. The van der Waals surface area contributed by atoms with Crippen molar-refractivity contribution < 1.29 is 9.53 Å². The fourth-order valence-electron chi connectivity index (χ4n) is 1.74. The van der Waals surface area contributed by atoms with Crippen molar-refractivity contribution in [1.29, 1.82) is 0 Å². The smallest absolute Gasteiger partial charge is 0.256 e. The number of hydrogen-bond acceptors (Lipinski definition) is 2. The maximum atomic E-state index is 12.3. The molecule has 0 unspecified atom stereocenters. The molecule has 0 aliphatic carbocycles. The van der Waals surface area contributed by atoms with Crippen molar-refractivity contribution in [2.24, 2.45) is 0 Å². The summed E-state index contributed by atoms with van der Waals surface area (Å²) in [5.74, 6) is 0.448. The van der Waals surface area contributed by atoms with E-state index < -0.39 is 0 Å². The van der Waals surface area contributed by atoms with Crippen LogP contribution in [-0.2, 0) is 0 Å². The molecule has 0 fully saturated rings. The molecule has 0 spiro atoms. The van der Waals surface area contributed by atoms with Crippen LogP contribution in [0.3, 0.4) is 0 Å². The minimum atomic E-state index is -0.193. The van der Waals surface area contributed by atoms with Gasteiger partial charge < -0.3 is 10.1 Å². The van der Waals surface area contributed by atoms with Crippen LogP contribution in [0, 0.1) is 6.92 Å². The first kappa shape index (κ1) is 15.1. The third kappa shape index (κ3) is 3.22. The van der Waals surface area contributed by atoms with E-state index in [0.717, 1.165) is 20.2 Å². The van der Waals surface area contributed by atoms with E-state index in [9.17, 15) is 4.79 Å². The van der Waals surface area contributed by atoms with E-state index in [-0.39, 0.29) is 5.91 Å². The SMILES string of the molecule is COc1ccc(Br)c(C(=O)Nc2cccc(C)c2Br)c1. The number of nitrogens with one attached hydrogen (secondary N) is 1. The van der Waals surface area contributed by atoms with Gasteiger partial charge in [0.05, 0.1) is 18.4 Å². The number of carbonyl (C=O) groups is 1. The Labute approximate surface area is 134 Å². The number of carbonyl (C=O) groups excluding carboxylic acids is 1. The molecular weight excluding hydrogens is 386 g/mol. The quantitative estimate of drug-likeness (QED) is 0.807. The molecule has 2 aromatic rings. The lowest BCUT2D eigenvalue weighted by Gasteiger charge is -2.11. The van der Waals surface area contributed by atoms with Gasteiger partial charge in [0, 0.05) is 8.95 Å². The molecule has 20 heavy (non-hydrogen) atoms. The van der Waals surface area contributed by atoms with E-state index in [1.165, 1.54) is 0 Å². The van der Waals surface area contributed by atoms with E-state index in [1.807, 2.05) is 25.1 Å². The van der Waals surface area contributed by atoms with Gasteiger partial charge in [-0.3, -0.25) is 4.79 Å². The summed E-state index contributed by atoms with van der Waals surface area (Å²) in [5.41, 5.74) is 2.33. The topological polar surface area (TPSA) is 38.3 Å². The molecule has 1 amide bonds. The van der Waals surface area contributed by atoms with Crippen LogP contribution in [0.5, 0.6) is 5.75 Å². The summed E-state index contributed by atoms with van der Waals surface area (Å²) in [6.07, 6.45) is 0. The van der Waals surface area contributed by atoms with Gasteiger partial charge in [0.25, 0.3) is 5.91 Å². The van der Waals surface area contributed by atoms with Crippen LogP contribution in [-0.4, -0.2) is 13.0 Å². The Morgan fingerprint density at radius 2 is 1.95 bits per heavy atom. The first-order valence-electron chi connectivity index (χ1n) is 5.93. The summed E-state index contributed by atoms with van der Waals surface area (Å²) in [6, 6.07) is 11.0. The van der Waals surface area contributed by atoms with Crippen LogP contribution in [0.4, 0.5) is 5.69 Å². The molecule has 0 radical (unpaired) electrons. The summed E-state index contributed by atoms with van der Waals surface area (Å²) >= 11 is 6.86. The van der Waals surface area contributed by atoms with Gasteiger partial charge >= 0.3 is 0 Å². The number of hydrogen-bond donors (Lipinski definition) is 1. The molecule has 2 rings (SSSR count). The minimum Gasteiger partial charge on any atom is -0.497 e. The van der Waals surface area contributed by atoms with Crippen LogP contribution in [0.25, 0.3) is 0 Å². The molecule has 0 aromatic heterocycles. The monoisotopic (exact) mass is 397 g/mol. The van der Waals surface area contributed by atoms with Crippen molar-refractivity contribution in [3.63, 3.8) is 0 Å². The normalized spacial score (nSPS) is 10.2. The van der Waals surface area contributed by atoms with Crippen LogP contribution in [0.2, 0.25) is 0 Å². The molecule has 0 saturated carbocycles. The highest BCUT2D eigenvalue weighted by Crippen LogP contribution is 2.28. The number of rotatable bonds is 3. The van der Waals surface area contributed by atoms with Gasteiger partial charge in [0.2, 0.25) is 0 Å². The highest BCUT2D eigenvalue weighted by molar-refractivity contribution is 9.11. The van der Waals surface area contributed by atoms with E-state index >= 15 is 0 Å². The second-order valence-electron chi connectivity index (χ2n) is 4.24. The Kier molecular flexibility index (Phi) is 4.83. The summed E-state index contributed by atoms with van der Waals surface area (Å²) in [6.45, 7) is 1.97. The number of amides is 1. The third-order valence-electron chi connectivity index (χ3n) is 2.86. The van der Waals surface area contributed by atoms with Crippen LogP contribution >= 0.6 is 31.9 Å². The zero-order valence-electron chi connectivity index (χ0n) is 11.0. The van der Waals surface area contributed by atoms with Crippen molar-refractivity contribution in [2.45, 2.75) is 6.92 Å². The standard InChI is InChI=1S/C15H13Br2NO2/c1-9-4-3-5-13(14(9)17)18-15(19)11-8-10(20-2)6-7-12(11)16/h3-8H,1-2H3,(H,18,19). The minimum absolute atomic E-state index is 0.193. The molecule has 0 bridgehead atoms. The number of anilines is 1. The summed E-state index contributed by atoms with van der Waals surface area (Å²) in [7, 11) is 1.57. The Balaban J connectivity index is 2.30. The second kappa shape index (κ2) is 6.41. The van der Waals surface area contributed by atoms with Crippen LogP contribution in [0.15, 0.2) is 45.3 Å². The van der Waals surface area contributed by atoms with E-state index in [0.29, 0.717) is 11.3 Å². The van der Waals surface area contributed by atoms with E-state index in [2.05, 4.69) is 37.2 Å². The van der Waals surface area contributed by atoms with Gasteiger partial charge in [0.1, 0.15) is 5.75 Å². The Hall–Kier alpha value is -1.33. The lowest BCUT2D eigenvalue weighted by atomic mass is 10.2. The summed E-state index contributed by atoms with van der Waals surface area (Å²) in [4.78, 5) is 12.3. The number of halogens is 2. The third-order valence-corrected chi connectivity index (χ3v) is 4.60. The molecule has 5 heteroatoms. The van der Waals surface area contributed by atoms with Gasteiger partial charge in [-0.25, -0.2) is 0 Å². The highest BCUT2D eigenvalue weighted by Gasteiger charge is 2.13. The molecule has 104 valence electrons. The average Bonchev–Trinajstić information content (AvgIpc) is 2.44.